The maximum Gasteiger partial charge on any atom is 0.306 e. The van der Waals surface area contributed by atoms with Crippen LogP contribution in [0.1, 0.15) is 271 Å². The summed E-state index contributed by atoms with van der Waals surface area (Å²) in [4.78, 5) is 38.2. The Morgan fingerprint density at radius 2 is 0.557 bits per heavy atom. The zero-order valence-corrected chi connectivity index (χ0v) is 45.8. The minimum Gasteiger partial charge on any atom is -0.462 e. The maximum atomic E-state index is 12.9. The second-order valence-corrected chi connectivity index (χ2v) is 19.1. The number of hydrogen-bond donors (Lipinski definition) is 0. The van der Waals surface area contributed by atoms with Gasteiger partial charge in [-0.1, -0.05) is 234 Å². The predicted molar refractivity (Wildman–Crippen MR) is 302 cm³/mol. The lowest BCUT2D eigenvalue weighted by atomic mass is 10.1. The van der Waals surface area contributed by atoms with Crippen LogP contribution in [-0.4, -0.2) is 37.2 Å². The molecule has 0 radical (unpaired) electrons. The second-order valence-electron chi connectivity index (χ2n) is 19.1. The van der Waals surface area contributed by atoms with Crippen molar-refractivity contribution in [1.82, 2.24) is 0 Å². The highest BCUT2D eigenvalue weighted by molar-refractivity contribution is 5.71. The summed E-state index contributed by atoms with van der Waals surface area (Å²) >= 11 is 0. The largest absolute Gasteiger partial charge is 0.462 e. The van der Waals surface area contributed by atoms with Crippen molar-refractivity contribution in [2.45, 2.75) is 277 Å². The van der Waals surface area contributed by atoms with E-state index in [1.807, 2.05) is 0 Å². The molecule has 6 heteroatoms. The van der Waals surface area contributed by atoms with E-state index < -0.39 is 6.10 Å². The van der Waals surface area contributed by atoms with Crippen LogP contribution in [0.5, 0.6) is 0 Å². The van der Waals surface area contributed by atoms with Gasteiger partial charge in [-0.3, -0.25) is 14.4 Å². The third kappa shape index (κ3) is 55.3. The Kier molecular flexibility index (Phi) is 54.9. The molecule has 0 spiro atoms. The van der Waals surface area contributed by atoms with Gasteiger partial charge < -0.3 is 14.2 Å². The van der Waals surface area contributed by atoms with Gasteiger partial charge in [0.2, 0.25) is 0 Å². The predicted octanol–water partition coefficient (Wildman–Crippen LogP) is 19.7. The minimum atomic E-state index is -0.797. The van der Waals surface area contributed by atoms with Crippen LogP contribution >= 0.6 is 0 Å². The first-order chi connectivity index (χ1) is 34.5. The first-order valence-corrected chi connectivity index (χ1v) is 29.2. The molecule has 0 aromatic carbocycles. The average Bonchev–Trinajstić information content (AvgIpc) is 3.36. The molecule has 0 heterocycles. The van der Waals surface area contributed by atoms with Crippen LogP contribution in [0, 0.1) is 0 Å². The lowest BCUT2D eigenvalue weighted by Gasteiger charge is -2.18. The van der Waals surface area contributed by atoms with Gasteiger partial charge in [-0.2, -0.15) is 0 Å². The molecular formula is C64H108O6. The Balaban J connectivity index is 4.43. The van der Waals surface area contributed by atoms with Gasteiger partial charge in [-0.25, -0.2) is 0 Å². The smallest absolute Gasteiger partial charge is 0.306 e. The number of unbranched alkanes of at least 4 members (excludes halogenated alkanes) is 25. The van der Waals surface area contributed by atoms with Crippen molar-refractivity contribution in [1.29, 1.82) is 0 Å². The summed E-state index contributed by atoms with van der Waals surface area (Å²) in [5, 5.41) is 0. The van der Waals surface area contributed by atoms with E-state index in [1.54, 1.807) is 0 Å². The first-order valence-electron chi connectivity index (χ1n) is 29.2. The fourth-order valence-electron chi connectivity index (χ4n) is 7.97. The lowest BCUT2D eigenvalue weighted by molar-refractivity contribution is -0.167. The SMILES string of the molecule is CC/C=C\C/C=C\C/C=C\C/C=C\CCCCCCCCC(=O)OCC(COC(=O)CCCCCC/C=C\C/C=C\C/C=C\CC)OC(=O)CCCCCCCCC/C=C\CCCCCCCCCC. The van der Waals surface area contributed by atoms with Crippen LogP contribution in [0.25, 0.3) is 0 Å². The molecule has 0 aliphatic carbocycles. The zero-order valence-electron chi connectivity index (χ0n) is 45.8. The number of carbonyl (C=O) groups excluding carboxylic acids is 3. The molecule has 0 aliphatic heterocycles. The number of rotatable bonds is 52. The zero-order chi connectivity index (χ0) is 50.7. The van der Waals surface area contributed by atoms with E-state index in [1.165, 1.54) is 103 Å². The van der Waals surface area contributed by atoms with E-state index >= 15 is 0 Å². The molecule has 400 valence electrons. The maximum absolute atomic E-state index is 12.9. The number of esters is 3. The molecule has 0 saturated carbocycles. The average molecular weight is 974 g/mol. The quantitative estimate of drug-likeness (QED) is 0.0262. The molecule has 0 N–H and O–H groups in total. The molecule has 1 atom stereocenters. The summed E-state index contributed by atoms with van der Waals surface area (Å²) in [5.41, 5.74) is 0. The van der Waals surface area contributed by atoms with E-state index in [9.17, 15) is 14.4 Å². The molecule has 0 rings (SSSR count). The second kappa shape index (κ2) is 57.9. The Bertz CT molecular complexity index is 1400. The van der Waals surface area contributed by atoms with Gasteiger partial charge in [0.05, 0.1) is 0 Å². The van der Waals surface area contributed by atoms with Crippen LogP contribution in [0.2, 0.25) is 0 Å². The van der Waals surface area contributed by atoms with Crippen molar-refractivity contribution in [2.75, 3.05) is 13.2 Å². The van der Waals surface area contributed by atoms with Gasteiger partial charge in [-0.05, 0) is 116 Å². The van der Waals surface area contributed by atoms with Crippen molar-refractivity contribution in [3.63, 3.8) is 0 Å². The summed E-state index contributed by atoms with van der Waals surface area (Å²) < 4.78 is 16.9. The molecule has 0 bridgehead atoms. The number of carbonyl (C=O) groups is 3. The molecule has 70 heavy (non-hydrogen) atoms. The van der Waals surface area contributed by atoms with Gasteiger partial charge in [0.15, 0.2) is 6.10 Å². The topological polar surface area (TPSA) is 78.9 Å². The Labute approximate surface area is 432 Å². The molecule has 0 aromatic rings. The van der Waals surface area contributed by atoms with E-state index in [2.05, 4.69) is 118 Å². The normalized spacial score (nSPS) is 12.8. The fraction of sp³-hybridized carbons (Fsp3) is 0.703. The molecule has 0 saturated heterocycles. The van der Waals surface area contributed by atoms with Crippen molar-refractivity contribution >= 4 is 17.9 Å². The van der Waals surface area contributed by atoms with Crippen molar-refractivity contribution in [3.8, 4) is 0 Å². The summed E-state index contributed by atoms with van der Waals surface area (Å²) in [7, 11) is 0. The number of ether oxygens (including phenoxy) is 3. The third-order valence-electron chi connectivity index (χ3n) is 12.3. The minimum absolute atomic E-state index is 0.0945. The van der Waals surface area contributed by atoms with Crippen LogP contribution in [0.15, 0.2) is 97.2 Å². The monoisotopic (exact) mass is 973 g/mol. The van der Waals surface area contributed by atoms with E-state index in [4.69, 9.17) is 14.2 Å². The van der Waals surface area contributed by atoms with Gasteiger partial charge in [0.1, 0.15) is 13.2 Å². The summed E-state index contributed by atoms with van der Waals surface area (Å²) in [6.45, 7) is 6.39. The van der Waals surface area contributed by atoms with Gasteiger partial charge >= 0.3 is 17.9 Å². The van der Waals surface area contributed by atoms with Gasteiger partial charge in [0.25, 0.3) is 0 Å². The highest BCUT2D eigenvalue weighted by Crippen LogP contribution is 2.15. The lowest BCUT2D eigenvalue weighted by Crippen LogP contribution is -2.30. The van der Waals surface area contributed by atoms with E-state index in [-0.39, 0.29) is 31.1 Å². The molecule has 1 unspecified atom stereocenters. The standard InChI is InChI=1S/C64H108O6/c1-4-7-10-13-16-19-22-25-28-30-32-34-36-39-42-45-48-51-54-57-63(66)69-60-61(59-68-62(65)56-53-50-47-44-41-38-27-24-21-18-15-12-9-6-3)70-64(67)58-55-52-49-46-43-40-37-35-33-31-29-26-23-20-17-14-11-8-5-2/h7,9-10,12,16,18-19,21,25,27-28,31-34,38,61H,4-6,8,11,13-15,17,20,22-24,26,29-30,35-37,39-60H2,1-3H3/b10-7-,12-9-,19-16-,21-18-,28-25-,33-31-,34-32-,38-27-. The van der Waals surface area contributed by atoms with E-state index in [0.717, 1.165) is 128 Å². The Hall–Kier alpha value is -3.67. The van der Waals surface area contributed by atoms with Crippen LogP contribution < -0.4 is 0 Å². The fourth-order valence-corrected chi connectivity index (χ4v) is 7.97. The van der Waals surface area contributed by atoms with Gasteiger partial charge in [-0.15, -0.1) is 0 Å². The van der Waals surface area contributed by atoms with Crippen LogP contribution in [0.3, 0.4) is 0 Å². The molecule has 0 aromatic heterocycles. The first kappa shape index (κ1) is 66.3. The molecule has 0 amide bonds. The highest BCUT2D eigenvalue weighted by atomic mass is 16.6. The Morgan fingerprint density at radius 3 is 0.886 bits per heavy atom. The third-order valence-corrected chi connectivity index (χ3v) is 12.3. The summed E-state index contributed by atoms with van der Waals surface area (Å²) in [6.07, 6.45) is 76.8. The van der Waals surface area contributed by atoms with Crippen LogP contribution in [-0.2, 0) is 28.6 Å². The van der Waals surface area contributed by atoms with E-state index in [0.29, 0.717) is 19.3 Å². The van der Waals surface area contributed by atoms with Crippen LogP contribution in [0.4, 0.5) is 0 Å². The number of hydrogen-bond acceptors (Lipinski definition) is 6. The molecule has 6 nitrogen and oxygen atoms in total. The summed E-state index contributed by atoms with van der Waals surface area (Å²) in [6, 6.07) is 0. The van der Waals surface area contributed by atoms with Crippen molar-refractivity contribution in [3.05, 3.63) is 97.2 Å². The molecular weight excluding hydrogens is 865 g/mol. The summed E-state index contributed by atoms with van der Waals surface area (Å²) in [5.74, 6) is -0.930. The highest BCUT2D eigenvalue weighted by Gasteiger charge is 2.19. The number of allylic oxidation sites excluding steroid dienone is 16. The van der Waals surface area contributed by atoms with Gasteiger partial charge in [0, 0.05) is 19.3 Å². The molecule has 0 fully saturated rings. The molecule has 0 aliphatic rings. The van der Waals surface area contributed by atoms with Crippen molar-refractivity contribution < 1.29 is 28.6 Å². The van der Waals surface area contributed by atoms with Crippen molar-refractivity contribution in [2.24, 2.45) is 0 Å². The Morgan fingerprint density at radius 1 is 0.300 bits per heavy atom.